The minimum atomic E-state index is 0.0996. The van der Waals surface area contributed by atoms with E-state index in [-0.39, 0.29) is 5.91 Å². The van der Waals surface area contributed by atoms with Gasteiger partial charge in [-0.05, 0) is 50.2 Å². The highest BCUT2D eigenvalue weighted by atomic mass is 16.1. The van der Waals surface area contributed by atoms with Gasteiger partial charge in [-0.15, -0.1) is 0 Å². The van der Waals surface area contributed by atoms with Gasteiger partial charge in [0, 0.05) is 11.6 Å². The summed E-state index contributed by atoms with van der Waals surface area (Å²) in [7, 11) is 0. The van der Waals surface area contributed by atoms with E-state index in [4.69, 9.17) is 0 Å². The molecule has 2 nitrogen and oxygen atoms in total. The molecule has 2 aliphatic carbocycles. The molecule has 1 aromatic carbocycles. The van der Waals surface area contributed by atoms with Crippen molar-refractivity contribution in [2.45, 2.75) is 38.6 Å². The zero-order valence-corrected chi connectivity index (χ0v) is 10.3. The highest BCUT2D eigenvalue weighted by molar-refractivity contribution is 5.94. The summed E-state index contributed by atoms with van der Waals surface area (Å²) in [4.78, 5) is 12.1. The van der Waals surface area contributed by atoms with Crippen molar-refractivity contribution in [3.05, 3.63) is 35.4 Å². The van der Waals surface area contributed by atoms with Crippen molar-refractivity contribution in [3.8, 4) is 0 Å². The first-order valence-corrected chi connectivity index (χ1v) is 6.60. The third-order valence-electron chi connectivity index (χ3n) is 4.37. The summed E-state index contributed by atoms with van der Waals surface area (Å²) in [5.74, 6) is 1.72. The third kappa shape index (κ3) is 2.08. The normalized spacial score (nSPS) is 30.5. The fourth-order valence-electron chi connectivity index (χ4n) is 3.38. The van der Waals surface area contributed by atoms with Gasteiger partial charge in [0.2, 0.25) is 0 Å². The van der Waals surface area contributed by atoms with Crippen molar-refractivity contribution >= 4 is 5.91 Å². The molecule has 2 saturated carbocycles. The van der Waals surface area contributed by atoms with Crippen LogP contribution in [0.4, 0.5) is 0 Å². The molecule has 3 rings (SSSR count). The molecule has 2 heteroatoms. The van der Waals surface area contributed by atoms with Gasteiger partial charge in [0.15, 0.2) is 0 Å². The molecular weight excluding hydrogens is 210 g/mol. The van der Waals surface area contributed by atoms with Gasteiger partial charge in [-0.1, -0.05) is 24.1 Å². The molecule has 17 heavy (non-hydrogen) atoms. The SMILES string of the molecule is Cc1ccc(C(=O)N[C@@H]2C[C@H]3CC[C@@H]2C3)cc1. The van der Waals surface area contributed by atoms with Crippen molar-refractivity contribution in [2.24, 2.45) is 11.8 Å². The third-order valence-corrected chi connectivity index (χ3v) is 4.37. The Hall–Kier alpha value is -1.31. The predicted octanol–water partition coefficient (Wildman–Crippen LogP) is 2.91. The lowest BCUT2D eigenvalue weighted by Gasteiger charge is -2.22. The molecule has 2 aliphatic rings. The van der Waals surface area contributed by atoms with Crippen LogP contribution >= 0.6 is 0 Å². The van der Waals surface area contributed by atoms with E-state index in [0.29, 0.717) is 6.04 Å². The molecule has 0 unspecified atom stereocenters. The average Bonchev–Trinajstić information content (AvgIpc) is 2.91. The highest BCUT2D eigenvalue weighted by Crippen LogP contribution is 2.44. The van der Waals surface area contributed by atoms with E-state index in [1.165, 1.54) is 31.2 Å². The van der Waals surface area contributed by atoms with Gasteiger partial charge >= 0.3 is 0 Å². The quantitative estimate of drug-likeness (QED) is 0.830. The molecule has 2 bridgehead atoms. The molecule has 0 saturated heterocycles. The Kier molecular flexibility index (Phi) is 2.65. The molecule has 2 fully saturated rings. The van der Waals surface area contributed by atoms with Crippen LogP contribution in [0.3, 0.4) is 0 Å². The number of hydrogen-bond acceptors (Lipinski definition) is 1. The topological polar surface area (TPSA) is 29.1 Å². The van der Waals surface area contributed by atoms with Crippen molar-refractivity contribution in [2.75, 3.05) is 0 Å². The summed E-state index contributed by atoms with van der Waals surface area (Å²) in [5.41, 5.74) is 1.99. The van der Waals surface area contributed by atoms with Gasteiger partial charge in [0.1, 0.15) is 0 Å². The first kappa shape index (κ1) is 10.8. The summed E-state index contributed by atoms with van der Waals surface area (Å²) >= 11 is 0. The fraction of sp³-hybridized carbons (Fsp3) is 0.533. The van der Waals surface area contributed by atoms with Crippen LogP contribution in [0.5, 0.6) is 0 Å². The van der Waals surface area contributed by atoms with Crippen LogP contribution in [0, 0.1) is 18.8 Å². The number of amides is 1. The number of rotatable bonds is 2. The van der Waals surface area contributed by atoms with Crippen molar-refractivity contribution < 1.29 is 4.79 Å². The maximum absolute atomic E-state index is 12.1. The van der Waals surface area contributed by atoms with Crippen LogP contribution in [0.2, 0.25) is 0 Å². The zero-order chi connectivity index (χ0) is 11.8. The van der Waals surface area contributed by atoms with E-state index in [0.717, 1.165) is 17.4 Å². The Labute approximate surface area is 102 Å². The molecule has 0 aromatic heterocycles. The van der Waals surface area contributed by atoms with Gasteiger partial charge in [-0.25, -0.2) is 0 Å². The summed E-state index contributed by atoms with van der Waals surface area (Å²) in [6, 6.07) is 8.25. The number of fused-ring (bicyclic) bond motifs is 2. The lowest BCUT2D eigenvalue weighted by Crippen LogP contribution is -2.38. The lowest BCUT2D eigenvalue weighted by molar-refractivity contribution is 0.0923. The van der Waals surface area contributed by atoms with Gasteiger partial charge in [-0.3, -0.25) is 4.79 Å². The number of aryl methyl sites for hydroxylation is 1. The van der Waals surface area contributed by atoms with E-state index in [1.807, 2.05) is 31.2 Å². The molecule has 90 valence electrons. The predicted molar refractivity (Wildman–Crippen MR) is 67.9 cm³/mol. The lowest BCUT2D eigenvalue weighted by atomic mass is 9.95. The van der Waals surface area contributed by atoms with Crippen LogP contribution in [-0.2, 0) is 0 Å². The molecule has 0 aliphatic heterocycles. The monoisotopic (exact) mass is 229 g/mol. The number of nitrogens with one attached hydrogen (secondary N) is 1. The minimum Gasteiger partial charge on any atom is -0.349 e. The maximum atomic E-state index is 12.1. The second-order valence-corrected chi connectivity index (χ2v) is 5.62. The van der Waals surface area contributed by atoms with Gasteiger partial charge < -0.3 is 5.32 Å². The minimum absolute atomic E-state index is 0.0996. The molecule has 1 N–H and O–H groups in total. The number of hydrogen-bond donors (Lipinski definition) is 1. The van der Waals surface area contributed by atoms with Crippen LogP contribution in [-0.4, -0.2) is 11.9 Å². The van der Waals surface area contributed by atoms with Crippen molar-refractivity contribution in [1.82, 2.24) is 5.32 Å². The molecular formula is C15H19NO. The standard InChI is InChI=1S/C15H19NO/c1-10-2-5-12(6-3-10)15(17)16-14-9-11-4-7-13(14)8-11/h2-3,5-6,11,13-14H,4,7-9H2,1H3,(H,16,17)/t11-,13+,14+/m0/s1. The first-order valence-electron chi connectivity index (χ1n) is 6.60. The van der Waals surface area contributed by atoms with Crippen molar-refractivity contribution in [1.29, 1.82) is 0 Å². The molecule has 3 atom stereocenters. The second-order valence-electron chi connectivity index (χ2n) is 5.62. The summed E-state index contributed by atoms with van der Waals surface area (Å²) in [6.45, 7) is 2.04. The van der Waals surface area contributed by atoms with Gasteiger partial charge in [-0.2, -0.15) is 0 Å². The van der Waals surface area contributed by atoms with Crippen LogP contribution in [0.25, 0.3) is 0 Å². The largest absolute Gasteiger partial charge is 0.349 e. The van der Waals surface area contributed by atoms with Crippen LogP contribution < -0.4 is 5.32 Å². The van der Waals surface area contributed by atoms with E-state index in [1.54, 1.807) is 0 Å². The number of benzene rings is 1. The molecule has 0 radical (unpaired) electrons. The molecule has 0 heterocycles. The van der Waals surface area contributed by atoms with E-state index < -0.39 is 0 Å². The molecule has 0 spiro atoms. The zero-order valence-electron chi connectivity index (χ0n) is 10.3. The Bertz CT molecular complexity index is 423. The van der Waals surface area contributed by atoms with Crippen LogP contribution in [0.1, 0.15) is 41.6 Å². The van der Waals surface area contributed by atoms with E-state index in [2.05, 4.69) is 5.32 Å². The van der Waals surface area contributed by atoms with E-state index in [9.17, 15) is 4.79 Å². The Morgan fingerprint density at radius 1 is 1.18 bits per heavy atom. The summed E-state index contributed by atoms with van der Waals surface area (Å²) in [5, 5.41) is 3.21. The van der Waals surface area contributed by atoms with Gasteiger partial charge in [0.25, 0.3) is 5.91 Å². The van der Waals surface area contributed by atoms with E-state index >= 15 is 0 Å². The highest BCUT2D eigenvalue weighted by Gasteiger charge is 2.40. The average molecular weight is 229 g/mol. The fourth-order valence-corrected chi connectivity index (χ4v) is 3.38. The van der Waals surface area contributed by atoms with Crippen molar-refractivity contribution in [3.63, 3.8) is 0 Å². The van der Waals surface area contributed by atoms with Gasteiger partial charge in [0.05, 0.1) is 0 Å². The Balaban J connectivity index is 1.65. The summed E-state index contributed by atoms with van der Waals surface area (Å²) in [6.07, 6.45) is 5.21. The Morgan fingerprint density at radius 2 is 1.94 bits per heavy atom. The maximum Gasteiger partial charge on any atom is 0.251 e. The number of carbonyl (C=O) groups is 1. The second kappa shape index (κ2) is 4.17. The Morgan fingerprint density at radius 3 is 2.53 bits per heavy atom. The molecule has 1 aromatic rings. The molecule has 1 amide bonds. The summed E-state index contributed by atoms with van der Waals surface area (Å²) < 4.78 is 0. The first-order chi connectivity index (χ1) is 8.22. The number of carbonyl (C=O) groups excluding carboxylic acids is 1. The smallest absolute Gasteiger partial charge is 0.251 e. The van der Waals surface area contributed by atoms with Crippen LogP contribution in [0.15, 0.2) is 24.3 Å².